The summed E-state index contributed by atoms with van der Waals surface area (Å²) < 4.78 is 1.39. The Morgan fingerprint density at radius 1 is 0.704 bits per heavy atom. The van der Waals surface area contributed by atoms with Crippen LogP contribution < -0.4 is 0 Å². The van der Waals surface area contributed by atoms with Crippen LogP contribution in [0.2, 0.25) is 0 Å². The maximum atomic E-state index is 2.34. The van der Waals surface area contributed by atoms with E-state index >= 15 is 0 Å². The minimum absolute atomic E-state index is 0.0663. The maximum absolute atomic E-state index is 2.34. The zero-order valence-electron chi connectivity index (χ0n) is 16.1. The summed E-state index contributed by atoms with van der Waals surface area (Å²) in [5.74, 6) is 0. The molecule has 0 aliphatic heterocycles. The van der Waals surface area contributed by atoms with Gasteiger partial charge in [-0.3, -0.25) is 0 Å². The molecule has 0 N–H and O–H groups in total. The molecule has 27 heavy (non-hydrogen) atoms. The van der Waals surface area contributed by atoms with Crippen LogP contribution >= 0.6 is 11.3 Å². The Bertz CT molecular complexity index is 1140. The summed E-state index contributed by atoms with van der Waals surface area (Å²) >= 11 is 1.90. The van der Waals surface area contributed by atoms with Crippen LogP contribution in [0.3, 0.4) is 0 Å². The van der Waals surface area contributed by atoms with Gasteiger partial charge >= 0.3 is 0 Å². The molecule has 1 heterocycles. The van der Waals surface area contributed by atoms with Crippen LogP contribution in [-0.4, -0.2) is 0 Å². The van der Waals surface area contributed by atoms with Gasteiger partial charge < -0.3 is 0 Å². The maximum Gasteiger partial charge on any atom is 0.0433 e. The van der Waals surface area contributed by atoms with Crippen LogP contribution in [0.1, 0.15) is 36.8 Å². The zero-order valence-corrected chi connectivity index (χ0v) is 16.9. The predicted octanol–water partition coefficient (Wildman–Crippen LogP) is 8.08. The summed E-state index contributed by atoms with van der Waals surface area (Å²) in [4.78, 5) is 1.35. The van der Waals surface area contributed by atoms with Crippen LogP contribution in [0.5, 0.6) is 0 Å². The summed E-state index contributed by atoms with van der Waals surface area (Å²) in [6.45, 7) is 6.28. The normalized spacial score (nSPS) is 18.0. The molecule has 0 saturated carbocycles. The molecule has 1 atom stereocenters. The second kappa shape index (κ2) is 7.17. The van der Waals surface area contributed by atoms with Crippen molar-refractivity contribution in [2.75, 3.05) is 0 Å². The molecule has 4 aromatic rings. The lowest BCUT2D eigenvalue weighted by molar-refractivity contribution is 0.767. The van der Waals surface area contributed by atoms with Crippen LogP contribution in [-0.2, 0) is 5.41 Å². The topological polar surface area (TPSA) is 0 Å². The van der Waals surface area contributed by atoms with Gasteiger partial charge in [0.2, 0.25) is 0 Å². The first kappa shape index (κ1) is 17.8. The fraction of sp³-hybridized carbons (Fsp3) is 0.154. The van der Waals surface area contributed by atoms with Crippen molar-refractivity contribution < 1.29 is 0 Å². The van der Waals surface area contributed by atoms with E-state index in [1.807, 2.05) is 25.2 Å². The molecule has 0 radical (unpaired) electrons. The molecular weight excluding hydrogens is 344 g/mol. The highest BCUT2D eigenvalue weighted by Crippen LogP contribution is 2.41. The predicted molar refractivity (Wildman–Crippen MR) is 123 cm³/mol. The summed E-state index contributed by atoms with van der Waals surface area (Å²) in [5.41, 5.74) is 2.61. The minimum Gasteiger partial charge on any atom is -0.135 e. The fourth-order valence-corrected chi connectivity index (χ4v) is 4.94. The van der Waals surface area contributed by atoms with E-state index in [-0.39, 0.29) is 5.41 Å². The van der Waals surface area contributed by atoms with Gasteiger partial charge in [0, 0.05) is 25.9 Å². The molecule has 0 amide bonds. The first-order valence-corrected chi connectivity index (χ1v) is 10.4. The van der Waals surface area contributed by atoms with Crippen molar-refractivity contribution in [2.45, 2.75) is 26.2 Å². The van der Waals surface area contributed by atoms with Gasteiger partial charge in [0.05, 0.1) is 0 Å². The quantitative estimate of drug-likeness (QED) is 0.318. The number of allylic oxidation sites excluding steroid dienone is 2. The van der Waals surface area contributed by atoms with E-state index in [1.54, 1.807) is 0 Å². The molecule has 134 valence electrons. The van der Waals surface area contributed by atoms with Crippen molar-refractivity contribution in [2.24, 2.45) is 0 Å². The van der Waals surface area contributed by atoms with Gasteiger partial charge in [-0.05, 0) is 29.3 Å². The molecule has 0 nitrogen and oxygen atoms in total. The molecule has 0 saturated heterocycles. The average molecular weight is 369 g/mol. The van der Waals surface area contributed by atoms with Gasteiger partial charge in [0.1, 0.15) is 0 Å². The summed E-state index contributed by atoms with van der Waals surface area (Å²) in [6.07, 6.45) is 9.30. The molecule has 0 fully saturated rings. The highest BCUT2D eigenvalue weighted by molar-refractivity contribution is 7.21. The molecule has 0 bridgehead atoms. The van der Waals surface area contributed by atoms with Crippen LogP contribution in [0.25, 0.3) is 33.0 Å². The molecule has 1 aliphatic rings. The third kappa shape index (κ3) is 3.02. The lowest BCUT2D eigenvalue weighted by Gasteiger charge is -2.21. The van der Waals surface area contributed by atoms with Gasteiger partial charge in [-0.15, -0.1) is 11.3 Å². The molecule has 0 spiro atoms. The number of thiophene rings is 1. The summed E-state index contributed by atoms with van der Waals surface area (Å²) in [5, 5.41) is 4.02. The lowest BCUT2D eigenvalue weighted by Crippen LogP contribution is -2.14. The van der Waals surface area contributed by atoms with E-state index in [2.05, 4.69) is 98.0 Å². The molecule has 1 heteroatoms. The Kier molecular flexibility index (Phi) is 4.72. The number of benzene rings is 3. The van der Waals surface area contributed by atoms with E-state index in [9.17, 15) is 0 Å². The average Bonchev–Trinajstić information content (AvgIpc) is 3.02. The minimum atomic E-state index is -0.0663. The number of fused-ring (bicyclic) bond motifs is 5. The van der Waals surface area contributed by atoms with Gasteiger partial charge in [0.15, 0.2) is 0 Å². The fourth-order valence-electron chi connectivity index (χ4n) is 3.71. The van der Waals surface area contributed by atoms with Crippen molar-refractivity contribution in [1.29, 1.82) is 0 Å². The van der Waals surface area contributed by atoms with Crippen molar-refractivity contribution in [3.05, 3.63) is 94.9 Å². The van der Waals surface area contributed by atoms with Gasteiger partial charge in [0.25, 0.3) is 0 Å². The van der Waals surface area contributed by atoms with Crippen LogP contribution in [0.15, 0.2) is 78.9 Å². The van der Waals surface area contributed by atoms with E-state index in [1.165, 1.54) is 36.9 Å². The molecule has 1 aromatic heterocycles. The number of hydrogen-bond acceptors (Lipinski definition) is 1. The Hall–Kier alpha value is -2.64. The Morgan fingerprint density at radius 3 is 2.22 bits per heavy atom. The second-order valence-corrected chi connectivity index (χ2v) is 7.91. The van der Waals surface area contributed by atoms with Crippen LogP contribution in [0.4, 0.5) is 0 Å². The summed E-state index contributed by atoms with van der Waals surface area (Å²) in [7, 11) is 0. The van der Waals surface area contributed by atoms with Crippen molar-refractivity contribution in [1.82, 2.24) is 0 Å². The zero-order chi connectivity index (χ0) is 18.9. The SMILES string of the molecule is CC.CC1(c2ccccc2)C=Cc2sc3c(ccc4ccccc43)c2C=C1. The molecule has 3 aromatic carbocycles. The molecule has 1 aliphatic carbocycles. The monoisotopic (exact) mass is 368 g/mol. The van der Waals surface area contributed by atoms with Gasteiger partial charge in [-0.25, -0.2) is 0 Å². The highest BCUT2D eigenvalue weighted by atomic mass is 32.1. The third-order valence-corrected chi connectivity index (χ3v) is 6.44. The Morgan fingerprint density at radius 2 is 1.41 bits per heavy atom. The van der Waals surface area contributed by atoms with E-state index in [4.69, 9.17) is 0 Å². The van der Waals surface area contributed by atoms with E-state index < -0.39 is 0 Å². The van der Waals surface area contributed by atoms with Crippen LogP contribution in [0, 0.1) is 0 Å². The lowest BCUT2D eigenvalue weighted by atomic mass is 9.82. The van der Waals surface area contributed by atoms with Gasteiger partial charge in [-0.2, -0.15) is 0 Å². The first-order chi connectivity index (χ1) is 13.2. The standard InChI is InChI=1S/C24H18S.C2H6/c1-24(18-8-3-2-4-9-18)15-13-20-21-12-11-17-7-5-6-10-19(17)23(21)25-22(20)14-16-24;1-2/h2-16H,1H3;1-2H3. The highest BCUT2D eigenvalue weighted by Gasteiger charge is 2.23. The Balaban J connectivity index is 0.000000872. The van der Waals surface area contributed by atoms with Crippen molar-refractivity contribution >= 4 is 44.3 Å². The molecule has 5 rings (SSSR count). The van der Waals surface area contributed by atoms with E-state index in [0.717, 1.165) is 0 Å². The summed E-state index contributed by atoms with van der Waals surface area (Å²) in [6, 6.07) is 23.9. The van der Waals surface area contributed by atoms with E-state index in [0.29, 0.717) is 0 Å². The second-order valence-electron chi connectivity index (χ2n) is 6.86. The van der Waals surface area contributed by atoms with Crippen molar-refractivity contribution in [3.8, 4) is 0 Å². The van der Waals surface area contributed by atoms with Crippen molar-refractivity contribution in [3.63, 3.8) is 0 Å². The number of hydrogen-bond donors (Lipinski definition) is 0. The number of rotatable bonds is 1. The third-order valence-electron chi connectivity index (χ3n) is 5.22. The molecule has 1 unspecified atom stereocenters. The molecular formula is C26H24S. The first-order valence-electron chi connectivity index (χ1n) is 9.63. The smallest absolute Gasteiger partial charge is 0.0433 e. The largest absolute Gasteiger partial charge is 0.135 e. The Labute approximate surface area is 165 Å². The van der Waals surface area contributed by atoms with Gasteiger partial charge in [-0.1, -0.05) is 98.8 Å².